The normalized spacial score (nSPS) is 18.9. The minimum absolute atomic E-state index is 0.0540. The molecule has 7 aromatic rings. The summed E-state index contributed by atoms with van der Waals surface area (Å²) >= 11 is 0. The highest BCUT2D eigenvalue weighted by Crippen LogP contribution is 2.47. The van der Waals surface area contributed by atoms with Crippen LogP contribution in [0.5, 0.6) is 0 Å². The van der Waals surface area contributed by atoms with Gasteiger partial charge in [0.05, 0.1) is 23.7 Å². The molecule has 4 atom stereocenters. The van der Waals surface area contributed by atoms with E-state index in [2.05, 4.69) is 83.4 Å². The van der Waals surface area contributed by atoms with E-state index in [1.165, 1.54) is 27.1 Å². The standard InChI is InChI=1S/C46H42N2O5S/c1-48(29-42-40-21-10-8-15-35(40)27-36-16-9-11-22-41(36)42)30-43-44(33-13-4-2-5-14-33)45(34-25-23-32(31-49)24-26-34)53-46(52-43)37-17-12-18-38(28-37)47-54(50,51)39-19-6-3-7-20-39/h2-28,43-47,49H,29-31H2,1H3/t43-,44-,45+,46?/m1/s1. The van der Waals surface area contributed by atoms with Crippen LogP contribution in [0.2, 0.25) is 0 Å². The maximum absolute atomic E-state index is 13.3. The van der Waals surface area contributed by atoms with Crippen molar-refractivity contribution in [1.82, 2.24) is 4.90 Å². The third-order valence-corrected chi connectivity index (χ3v) is 11.6. The molecule has 8 heteroatoms. The van der Waals surface area contributed by atoms with Crippen molar-refractivity contribution >= 4 is 37.3 Å². The van der Waals surface area contributed by atoms with Crippen molar-refractivity contribution in [2.75, 3.05) is 18.3 Å². The first-order chi connectivity index (χ1) is 26.4. The van der Waals surface area contributed by atoms with E-state index in [4.69, 9.17) is 9.47 Å². The zero-order chi connectivity index (χ0) is 37.1. The molecule has 2 N–H and O–H groups in total. The molecule has 1 aliphatic rings. The summed E-state index contributed by atoms with van der Waals surface area (Å²) in [6, 6.07) is 53.1. The molecular weight excluding hydrogens is 693 g/mol. The van der Waals surface area contributed by atoms with Crippen molar-refractivity contribution in [3.63, 3.8) is 0 Å². The number of ether oxygens (including phenoxy) is 2. The molecule has 0 saturated carbocycles. The first-order valence-electron chi connectivity index (χ1n) is 18.2. The van der Waals surface area contributed by atoms with Gasteiger partial charge in [-0.15, -0.1) is 0 Å². The molecule has 8 rings (SSSR count). The van der Waals surface area contributed by atoms with Crippen LogP contribution < -0.4 is 4.72 Å². The summed E-state index contributed by atoms with van der Waals surface area (Å²) in [6.45, 7) is 1.23. The van der Waals surface area contributed by atoms with Crippen LogP contribution in [0.4, 0.5) is 5.69 Å². The summed E-state index contributed by atoms with van der Waals surface area (Å²) < 4.78 is 43.2. The molecule has 0 amide bonds. The van der Waals surface area contributed by atoms with Gasteiger partial charge in [-0.25, -0.2) is 8.42 Å². The van der Waals surface area contributed by atoms with E-state index < -0.39 is 22.4 Å². The summed E-state index contributed by atoms with van der Waals surface area (Å²) in [5, 5.41) is 14.7. The lowest BCUT2D eigenvalue weighted by atomic mass is 9.83. The van der Waals surface area contributed by atoms with E-state index in [-0.39, 0.29) is 23.5 Å². The highest BCUT2D eigenvalue weighted by atomic mass is 32.2. The van der Waals surface area contributed by atoms with Crippen molar-refractivity contribution in [2.24, 2.45) is 0 Å². The van der Waals surface area contributed by atoms with Gasteiger partial charge < -0.3 is 14.6 Å². The molecule has 1 unspecified atom stereocenters. The SMILES string of the molecule is CN(Cc1c2ccccc2cc2ccccc12)C[C@H]1OC(c2cccc(NS(=O)(=O)c3ccccc3)c2)O[C@@H](c2ccc(CO)cc2)[C@@H]1c1ccccc1. The molecule has 272 valence electrons. The Labute approximate surface area is 316 Å². The summed E-state index contributed by atoms with van der Waals surface area (Å²) in [4.78, 5) is 2.51. The number of hydrogen-bond donors (Lipinski definition) is 2. The van der Waals surface area contributed by atoms with E-state index in [9.17, 15) is 13.5 Å². The maximum Gasteiger partial charge on any atom is 0.261 e. The number of rotatable bonds is 11. The molecule has 0 spiro atoms. The Balaban J connectivity index is 1.17. The summed E-state index contributed by atoms with van der Waals surface area (Å²) in [7, 11) is -1.68. The molecule has 1 saturated heterocycles. The van der Waals surface area contributed by atoms with Gasteiger partial charge in [-0.2, -0.15) is 0 Å². The number of hydrogen-bond acceptors (Lipinski definition) is 6. The molecule has 1 heterocycles. The maximum atomic E-state index is 13.3. The number of likely N-dealkylation sites (N-methyl/N-ethyl adjacent to an activating group) is 1. The van der Waals surface area contributed by atoms with Gasteiger partial charge in [0.2, 0.25) is 0 Å². The summed E-state index contributed by atoms with van der Waals surface area (Å²) in [5.74, 6) is -0.186. The van der Waals surface area contributed by atoms with E-state index >= 15 is 0 Å². The van der Waals surface area contributed by atoms with Crippen molar-refractivity contribution in [3.05, 3.63) is 192 Å². The highest BCUT2D eigenvalue weighted by molar-refractivity contribution is 7.92. The second-order valence-electron chi connectivity index (χ2n) is 13.9. The van der Waals surface area contributed by atoms with Crippen LogP contribution in [-0.4, -0.2) is 38.1 Å². The van der Waals surface area contributed by atoms with Crippen LogP contribution >= 0.6 is 0 Å². The quantitative estimate of drug-likeness (QED) is 0.129. The average Bonchev–Trinajstić information content (AvgIpc) is 3.21. The van der Waals surface area contributed by atoms with Crippen LogP contribution in [0.3, 0.4) is 0 Å². The van der Waals surface area contributed by atoms with Crippen molar-refractivity contribution in [3.8, 4) is 0 Å². The van der Waals surface area contributed by atoms with Crippen LogP contribution in [0.15, 0.2) is 169 Å². The number of anilines is 1. The molecule has 1 aliphatic heterocycles. The van der Waals surface area contributed by atoms with Crippen LogP contribution in [-0.2, 0) is 32.6 Å². The number of benzene rings is 7. The minimum Gasteiger partial charge on any atom is -0.392 e. The number of nitrogens with one attached hydrogen (secondary N) is 1. The fourth-order valence-corrected chi connectivity index (χ4v) is 8.72. The van der Waals surface area contributed by atoms with E-state index in [0.717, 1.165) is 16.7 Å². The molecule has 0 aromatic heterocycles. The average molecular weight is 735 g/mol. The topological polar surface area (TPSA) is 88.1 Å². The van der Waals surface area contributed by atoms with Gasteiger partial charge in [-0.1, -0.05) is 133 Å². The minimum atomic E-state index is -3.81. The number of sulfonamides is 1. The van der Waals surface area contributed by atoms with Crippen LogP contribution in [0.25, 0.3) is 21.5 Å². The molecule has 0 radical (unpaired) electrons. The zero-order valence-corrected chi connectivity index (χ0v) is 30.8. The fraction of sp³-hybridized carbons (Fsp3) is 0.174. The number of aliphatic hydroxyl groups excluding tert-OH is 1. The Hall–Kier alpha value is -5.35. The Bertz CT molecular complexity index is 2420. The van der Waals surface area contributed by atoms with Gasteiger partial charge in [-0.05, 0) is 81.2 Å². The van der Waals surface area contributed by atoms with E-state index in [1.807, 2.05) is 54.6 Å². The monoisotopic (exact) mass is 734 g/mol. The first-order valence-corrected chi connectivity index (χ1v) is 19.7. The Kier molecular flexibility index (Phi) is 10.3. The molecule has 0 aliphatic carbocycles. The van der Waals surface area contributed by atoms with Crippen LogP contribution in [0.1, 0.15) is 46.1 Å². The Morgan fingerprint density at radius 2 is 1.26 bits per heavy atom. The number of nitrogens with zero attached hydrogens (tertiary/aromatic N) is 1. The molecule has 7 aromatic carbocycles. The zero-order valence-electron chi connectivity index (χ0n) is 30.0. The van der Waals surface area contributed by atoms with Gasteiger partial charge in [0.1, 0.15) is 0 Å². The molecular formula is C46H42N2O5S. The van der Waals surface area contributed by atoms with Crippen molar-refractivity contribution in [2.45, 2.75) is 42.5 Å². The smallest absolute Gasteiger partial charge is 0.261 e. The second-order valence-corrected chi connectivity index (χ2v) is 15.6. The van der Waals surface area contributed by atoms with Gasteiger partial charge >= 0.3 is 0 Å². The van der Waals surface area contributed by atoms with Gasteiger partial charge in [-0.3, -0.25) is 9.62 Å². The van der Waals surface area contributed by atoms with Gasteiger partial charge in [0, 0.05) is 30.3 Å². The summed E-state index contributed by atoms with van der Waals surface area (Å²) in [6.07, 6.45) is -1.55. The highest BCUT2D eigenvalue weighted by Gasteiger charge is 2.42. The lowest BCUT2D eigenvalue weighted by Gasteiger charge is -2.44. The fourth-order valence-electron chi connectivity index (χ4n) is 7.65. The van der Waals surface area contributed by atoms with Crippen molar-refractivity contribution in [1.29, 1.82) is 0 Å². The van der Waals surface area contributed by atoms with E-state index in [1.54, 1.807) is 42.5 Å². The van der Waals surface area contributed by atoms with Gasteiger partial charge in [0.25, 0.3) is 10.0 Å². The predicted octanol–water partition coefficient (Wildman–Crippen LogP) is 9.36. The van der Waals surface area contributed by atoms with Gasteiger partial charge in [0.15, 0.2) is 6.29 Å². The first kappa shape index (κ1) is 35.7. The third kappa shape index (κ3) is 7.53. The molecule has 54 heavy (non-hydrogen) atoms. The second kappa shape index (κ2) is 15.6. The Morgan fingerprint density at radius 3 is 1.93 bits per heavy atom. The molecule has 1 fully saturated rings. The molecule has 7 nitrogen and oxygen atoms in total. The van der Waals surface area contributed by atoms with Crippen LogP contribution in [0, 0.1) is 0 Å². The van der Waals surface area contributed by atoms with Crippen molar-refractivity contribution < 1.29 is 23.0 Å². The lowest BCUT2D eigenvalue weighted by Crippen LogP contribution is -2.43. The largest absolute Gasteiger partial charge is 0.392 e. The summed E-state index contributed by atoms with van der Waals surface area (Å²) in [5.41, 5.74) is 5.23. The lowest BCUT2D eigenvalue weighted by molar-refractivity contribution is -0.263. The Morgan fingerprint density at radius 1 is 0.648 bits per heavy atom. The van der Waals surface area contributed by atoms with E-state index in [0.29, 0.717) is 24.3 Å². The number of aliphatic hydroxyl groups is 1. The number of fused-ring (bicyclic) bond motifs is 2. The predicted molar refractivity (Wildman–Crippen MR) is 214 cm³/mol. The molecule has 0 bridgehead atoms. The third-order valence-electron chi connectivity index (χ3n) is 10.2.